The average Bonchev–Trinajstić information content (AvgIpc) is 3.52. The van der Waals surface area contributed by atoms with Crippen molar-refractivity contribution in [1.82, 2.24) is 24.5 Å². The van der Waals surface area contributed by atoms with E-state index in [1.54, 1.807) is 36.8 Å². The normalized spacial score (nSPS) is 11.8. The Morgan fingerprint density at radius 2 is 1.68 bits per heavy atom. The first-order chi connectivity index (χ1) is 18.5. The molecule has 3 heterocycles. The van der Waals surface area contributed by atoms with Crippen LogP contribution in [0.25, 0.3) is 33.3 Å². The van der Waals surface area contributed by atoms with Gasteiger partial charge in [0.05, 0.1) is 40.7 Å². The summed E-state index contributed by atoms with van der Waals surface area (Å²) in [5, 5.41) is 11.8. The molecule has 0 radical (unpaired) electrons. The first-order valence-electron chi connectivity index (χ1n) is 11.8. The minimum Gasteiger partial charge on any atom is -0.494 e. The molecular weight excluding hydrogens is 480 g/mol. The van der Waals surface area contributed by atoms with Crippen molar-refractivity contribution in [1.29, 1.82) is 0 Å². The van der Waals surface area contributed by atoms with Crippen LogP contribution in [0.2, 0.25) is 0 Å². The van der Waals surface area contributed by atoms with E-state index in [9.17, 15) is 9.90 Å². The second kappa shape index (κ2) is 9.29. The van der Waals surface area contributed by atoms with E-state index in [4.69, 9.17) is 9.73 Å². The van der Waals surface area contributed by atoms with Gasteiger partial charge in [0.1, 0.15) is 5.82 Å². The van der Waals surface area contributed by atoms with E-state index >= 15 is 0 Å². The van der Waals surface area contributed by atoms with Gasteiger partial charge in [0.15, 0.2) is 5.88 Å². The lowest BCUT2D eigenvalue weighted by Gasteiger charge is -2.09. The fourth-order valence-corrected chi connectivity index (χ4v) is 4.50. The standard InChI is InChI=1S/C29H22N6O3/c1-35-14-13-32-27(35)17-3-7-20(8-4-17)33-26(18-6-10-22-24(15-18)31-12-11-30-22)25-21-9-5-19(29(37)38-2)16-23(21)34-28(25)36/h3-16,34,36H,1-2H3. The summed E-state index contributed by atoms with van der Waals surface area (Å²) < 4.78 is 6.80. The van der Waals surface area contributed by atoms with E-state index in [-0.39, 0.29) is 5.88 Å². The molecule has 0 unspecified atom stereocenters. The number of aryl methyl sites for hydroxylation is 1. The maximum absolute atomic E-state index is 12.1. The first-order valence-corrected chi connectivity index (χ1v) is 11.8. The van der Waals surface area contributed by atoms with Crippen LogP contribution >= 0.6 is 0 Å². The number of hydrogen-bond donors (Lipinski definition) is 2. The Bertz CT molecular complexity index is 1850. The predicted octanol–water partition coefficient (Wildman–Crippen LogP) is 5.17. The number of H-pyrrole nitrogens is 1. The third-order valence-corrected chi connectivity index (χ3v) is 6.37. The van der Waals surface area contributed by atoms with Gasteiger partial charge in [-0.15, -0.1) is 0 Å². The zero-order valence-corrected chi connectivity index (χ0v) is 20.6. The molecule has 0 fully saturated rings. The second-order valence-electron chi connectivity index (χ2n) is 8.73. The van der Waals surface area contributed by atoms with Crippen molar-refractivity contribution >= 4 is 39.3 Å². The van der Waals surface area contributed by atoms with E-state index in [0.29, 0.717) is 38.9 Å². The van der Waals surface area contributed by atoms with Crippen LogP contribution in [0.5, 0.6) is 5.88 Å². The van der Waals surface area contributed by atoms with Crippen LogP contribution in [0.4, 0.5) is 5.69 Å². The molecule has 2 N–H and O–H groups in total. The molecule has 0 saturated carbocycles. The largest absolute Gasteiger partial charge is 0.494 e. The van der Waals surface area contributed by atoms with Crippen molar-refractivity contribution < 1.29 is 14.6 Å². The zero-order chi connectivity index (χ0) is 26.2. The number of benzene rings is 3. The number of imidazole rings is 1. The van der Waals surface area contributed by atoms with E-state index in [0.717, 1.165) is 22.5 Å². The van der Waals surface area contributed by atoms with Crippen LogP contribution in [0.1, 0.15) is 21.5 Å². The van der Waals surface area contributed by atoms with Crippen LogP contribution < -0.4 is 0 Å². The SMILES string of the molecule is COC(=O)c1ccc2c(C(=Nc3ccc(-c4nccn4C)cc3)c3ccc4nccnc4c3)c(O)[nH]c2c1. The molecule has 6 aromatic rings. The summed E-state index contributed by atoms with van der Waals surface area (Å²) in [6, 6.07) is 18.5. The van der Waals surface area contributed by atoms with Crippen molar-refractivity contribution in [2.75, 3.05) is 7.11 Å². The number of ether oxygens (including phenoxy) is 1. The smallest absolute Gasteiger partial charge is 0.337 e. The van der Waals surface area contributed by atoms with Crippen LogP contribution in [-0.2, 0) is 11.8 Å². The number of methoxy groups -OCH3 is 1. The lowest BCUT2D eigenvalue weighted by molar-refractivity contribution is 0.0601. The lowest BCUT2D eigenvalue weighted by Crippen LogP contribution is -2.04. The summed E-state index contributed by atoms with van der Waals surface area (Å²) in [5.74, 6) is 0.325. The van der Waals surface area contributed by atoms with Gasteiger partial charge in [0.2, 0.25) is 0 Å². The predicted molar refractivity (Wildman–Crippen MR) is 145 cm³/mol. The number of carbonyl (C=O) groups is 1. The Morgan fingerprint density at radius 3 is 2.42 bits per heavy atom. The van der Waals surface area contributed by atoms with Crippen LogP contribution in [0.15, 0.2) is 90.4 Å². The number of fused-ring (bicyclic) bond motifs is 2. The van der Waals surface area contributed by atoms with Gasteiger partial charge in [-0.2, -0.15) is 0 Å². The molecule has 3 aromatic carbocycles. The summed E-state index contributed by atoms with van der Waals surface area (Å²) >= 11 is 0. The molecule has 3 aromatic heterocycles. The zero-order valence-electron chi connectivity index (χ0n) is 20.6. The highest BCUT2D eigenvalue weighted by Gasteiger charge is 2.20. The number of aliphatic imine (C=N–C) groups is 1. The van der Waals surface area contributed by atoms with E-state index in [1.807, 2.05) is 60.3 Å². The summed E-state index contributed by atoms with van der Waals surface area (Å²) in [6.45, 7) is 0. The Morgan fingerprint density at radius 1 is 0.921 bits per heavy atom. The van der Waals surface area contributed by atoms with E-state index < -0.39 is 5.97 Å². The van der Waals surface area contributed by atoms with Crippen LogP contribution in [0, 0.1) is 0 Å². The Hall–Kier alpha value is -5.31. The second-order valence-corrected chi connectivity index (χ2v) is 8.73. The molecule has 186 valence electrons. The molecule has 0 aliphatic carbocycles. The Kier molecular flexibility index (Phi) is 5.65. The first kappa shape index (κ1) is 23.1. The maximum Gasteiger partial charge on any atom is 0.337 e. The molecular formula is C29H22N6O3. The van der Waals surface area contributed by atoms with Gasteiger partial charge in [-0.05, 0) is 48.5 Å². The fourth-order valence-electron chi connectivity index (χ4n) is 4.50. The number of rotatable bonds is 5. The molecule has 9 heteroatoms. The third-order valence-electron chi connectivity index (χ3n) is 6.37. The molecule has 0 amide bonds. The van der Waals surface area contributed by atoms with Crippen molar-refractivity contribution in [2.45, 2.75) is 0 Å². The van der Waals surface area contributed by atoms with Gasteiger partial charge < -0.3 is 19.4 Å². The van der Waals surface area contributed by atoms with Gasteiger partial charge in [0, 0.05) is 53.9 Å². The molecule has 0 saturated heterocycles. The molecule has 0 aliphatic rings. The monoisotopic (exact) mass is 502 g/mol. The van der Waals surface area contributed by atoms with Crippen molar-refractivity contribution in [3.05, 3.63) is 102 Å². The number of hydrogen-bond acceptors (Lipinski definition) is 7. The van der Waals surface area contributed by atoms with Gasteiger partial charge in [-0.3, -0.25) is 9.97 Å². The van der Waals surface area contributed by atoms with Gasteiger partial charge in [-0.1, -0.05) is 12.1 Å². The van der Waals surface area contributed by atoms with Crippen molar-refractivity contribution in [2.24, 2.45) is 12.0 Å². The number of aromatic nitrogens is 5. The van der Waals surface area contributed by atoms with Gasteiger partial charge in [-0.25, -0.2) is 14.8 Å². The van der Waals surface area contributed by atoms with Crippen molar-refractivity contribution in [3.63, 3.8) is 0 Å². The highest BCUT2D eigenvalue weighted by molar-refractivity contribution is 6.22. The van der Waals surface area contributed by atoms with E-state index in [1.165, 1.54) is 7.11 Å². The van der Waals surface area contributed by atoms with Crippen molar-refractivity contribution in [3.8, 4) is 17.3 Å². The van der Waals surface area contributed by atoms with Gasteiger partial charge >= 0.3 is 5.97 Å². The Balaban J connectivity index is 1.53. The summed E-state index contributed by atoms with van der Waals surface area (Å²) in [5.41, 5.74) is 5.86. The number of nitrogens with zero attached hydrogens (tertiary/aromatic N) is 5. The highest BCUT2D eigenvalue weighted by atomic mass is 16.5. The maximum atomic E-state index is 12.1. The van der Waals surface area contributed by atoms with Crippen LogP contribution in [-0.4, -0.2) is 48.4 Å². The summed E-state index contributed by atoms with van der Waals surface area (Å²) in [7, 11) is 3.27. The number of aromatic hydroxyl groups is 1. The summed E-state index contributed by atoms with van der Waals surface area (Å²) in [6.07, 6.45) is 6.93. The molecule has 6 rings (SSSR count). The quantitative estimate of drug-likeness (QED) is 0.248. The molecule has 0 bridgehead atoms. The highest BCUT2D eigenvalue weighted by Crippen LogP contribution is 2.33. The number of carbonyl (C=O) groups excluding carboxylic acids is 1. The fraction of sp³-hybridized carbons (Fsp3) is 0.0690. The minimum absolute atomic E-state index is 0.0651. The molecule has 0 atom stereocenters. The van der Waals surface area contributed by atoms with E-state index in [2.05, 4.69) is 19.9 Å². The molecule has 0 aliphatic heterocycles. The number of esters is 1. The average molecular weight is 503 g/mol. The molecule has 0 spiro atoms. The number of nitrogens with one attached hydrogen (secondary N) is 1. The lowest BCUT2D eigenvalue weighted by atomic mass is 9.99. The Labute approximate surface area is 217 Å². The van der Waals surface area contributed by atoms with Crippen LogP contribution in [0.3, 0.4) is 0 Å². The topological polar surface area (TPSA) is 118 Å². The minimum atomic E-state index is -0.461. The third kappa shape index (κ3) is 4.05. The molecule has 38 heavy (non-hydrogen) atoms. The molecule has 9 nitrogen and oxygen atoms in total. The number of aromatic amines is 1. The summed E-state index contributed by atoms with van der Waals surface area (Å²) in [4.78, 5) is 33.2. The van der Waals surface area contributed by atoms with Gasteiger partial charge in [0.25, 0.3) is 0 Å².